The molecule has 0 aliphatic heterocycles. The minimum absolute atomic E-state index is 0.374. The van der Waals surface area contributed by atoms with Crippen LogP contribution in [0, 0.1) is 0 Å². The summed E-state index contributed by atoms with van der Waals surface area (Å²) in [6.07, 6.45) is 2.81. The van der Waals surface area contributed by atoms with Crippen LogP contribution < -0.4 is 4.84 Å². The number of nitrogens with zero attached hydrogens (tertiary/aromatic N) is 2. The Bertz CT molecular complexity index is 685. The first-order valence-corrected chi connectivity index (χ1v) is 5.37. The van der Waals surface area contributed by atoms with Crippen LogP contribution in [0.15, 0.2) is 58.7 Å². The molecule has 0 N–H and O–H groups in total. The molecule has 5 nitrogen and oxygen atoms in total. The predicted molar refractivity (Wildman–Crippen MR) is 68.4 cm³/mol. The minimum atomic E-state index is 0.374. The average molecular weight is 252 g/mol. The van der Waals surface area contributed by atoms with Gasteiger partial charge in [-0.3, -0.25) is 0 Å². The van der Waals surface area contributed by atoms with E-state index in [4.69, 9.17) is 4.84 Å². The van der Waals surface area contributed by atoms with Gasteiger partial charge in [0, 0.05) is 16.3 Å². The van der Waals surface area contributed by atoms with Gasteiger partial charge in [-0.2, -0.15) is 4.99 Å². The van der Waals surface area contributed by atoms with E-state index in [1.54, 1.807) is 48.5 Å². The van der Waals surface area contributed by atoms with Crippen molar-refractivity contribution < 1.29 is 14.4 Å². The van der Waals surface area contributed by atoms with Crippen LogP contribution in [0.2, 0.25) is 0 Å². The second-order valence-corrected chi connectivity index (χ2v) is 3.49. The van der Waals surface area contributed by atoms with Gasteiger partial charge >= 0.3 is 0 Å². The lowest BCUT2D eigenvalue weighted by atomic mass is 10.0. The van der Waals surface area contributed by atoms with E-state index in [0.29, 0.717) is 22.6 Å². The van der Waals surface area contributed by atoms with Crippen molar-refractivity contribution in [2.75, 3.05) is 0 Å². The number of hydrogen-bond donors (Lipinski definition) is 0. The quantitative estimate of drug-likeness (QED) is 0.477. The highest BCUT2D eigenvalue weighted by molar-refractivity contribution is 5.81. The molecule has 0 heterocycles. The van der Waals surface area contributed by atoms with Crippen LogP contribution in [0.5, 0.6) is 5.75 Å². The molecule has 0 saturated carbocycles. The molecule has 0 unspecified atom stereocenters. The summed E-state index contributed by atoms with van der Waals surface area (Å²) in [5.74, 6) is 0.374. The summed E-state index contributed by atoms with van der Waals surface area (Å²) < 4.78 is 0. The molecule has 2 rings (SSSR count). The third-order valence-corrected chi connectivity index (χ3v) is 2.43. The second kappa shape index (κ2) is 6.07. The van der Waals surface area contributed by atoms with E-state index in [1.807, 2.05) is 0 Å². The van der Waals surface area contributed by atoms with Crippen molar-refractivity contribution in [3.05, 3.63) is 48.5 Å². The van der Waals surface area contributed by atoms with Gasteiger partial charge in [-0.05, 0) is 12.1 Å². The Morgan fingerprint density at radius 2 is 1.53 bits per heavy atom. The van der Waals surface area contributed by atoms with Crippen molar-refractivity contribution in [3.63, 3.8) is 0 Å². The van der Waals surface area contributed by atoms with Crippen molar-refractivity contribution >= 4 is 17.8 Å². The maximum Gasteiger partial charge on any atom is 0.277 e. The Balaban J connectivity index is 2.58. The van der Waals surface area contributed by atoms with Gasteiger partial charge in [0.2, 0.25) is 6.08 Å². The van der Waals surface area contributed by atoms with Gasteiger partial charge in [-0.15, -0.1) is 0 Å². The number of carbonyl (C=O) groups excluding carboxylic acids is 2. The molecule has 0 amide bonds. The van der Waals surface area contributed by atoms with E-state index in [0.717, 1.165) is 0 Å². The lowest BCUT2D eigenvalue weighted by Gasteiger charge is -2.08. The van der Waals surface area contributed by atoms with Crippen molar-refractivity contribution in [3.8, 4) is 16.9 Å². The Kier molecular flexibility index (Phi) is 3.98. The summed E-state index contributed by atoms with van der Waals surface area (Å²) >= 11 is 0. The molecule has 92 valence electrons. The molecule has 0 aromatic heterocycles. The molecule has 0 aliphatic rings. The summed E-state index contributed by atoms with van der Waals surface area (Å²) in [5.41, 5.74) is 1.81. The molecular formula is C14H8N2O3. The molecule has 0 radical (unpaired) electrons. The zero-order chi connectivity index (χ0) is 13.5. The highest BCUT2D eigenvalue weighted by Gasteiger charge is 2.09. The van der Waals surface area contributed by atoms with Gasteiger partial charge in [-0.25, -0.2) is 9.59 Å². The topological polar surface area (TPSA) is 68.1 Å². The van der Waals surface area contributed by atoms with Crippen LogP contribution in [-0.2, 0) is 9.59 Å². The Morgan fingerprint density at radius 3 is 2.26 bits per heavy atom. The van der Waals surface area contributed by atoms with Gasteiger partial charge in [0.1, 0.15) is 0 Å². The molecular weight excluding hydrogens is 244 g/mol. The van der Waals surface area contributed by atoms with E-state index in [2.05, 4.69) is 10.1 Å². The van der Waals surface area contributed by atoms with E-state index in [1.165, 1.54) is 12.2 Å². The molecule has 5 heteroatoms. The smallest absolute Gasteiger partial charge is 0.277 e. The van der Waals surface area contributed by atoms with Crippen LogP contribution in [0.4, 0.5) is 5.69 Å². The molecule has 19 heavy (non-hydrogen) atoms. The van der Waals surface area contributed by atoms with Crippen LogP contribution in [0.25, 0.3) is 11.1 Å². The molecule has 0 aliphatic carbocycles. The van der Waals surface area contributed by atoms with Crippen molar-refractivity contribution in [2.45, 2.75) is 0 Å². The van der Waals surface area contributed by atoms with E-state index < -0.39 is 0 Å². The van der Waals surface area contributed by atoms with Gasteiger partial charge in [-0.1, -0.05) is 36.4 Å². The van der Waals surface area contributed by atoms with E-state index >= 15 is 0 Å². The minimum Gasteiger partial charge on any atom is -0.346 e. The average Bonchev–Trinajstić information content (AvgIpc) is 2.46. The number of benzene rings is 2. The SMILES string of the molecule is O=C=NOc1ccccc1-c1ccccc1N=C=O. The zero-order valence-corrected chi connectivity index (χ0v) is 9.74. The summed E-state index contributed by atoms with van der Waals surface area (Å²) in [4.78, 5) is 29.1. The van der Waals surface area contributed by atoms with Gasteiger partial charge < -0.3 is 4.84 Å². The fraction of sp³-hybridized carbons (Fsp3) is 0. The summed E-state index contributed by atoms with van der Waals surface area (Å²) in [7, 11) is 0. The fourth-order valence-corrected chi connectivity index (χ4v) is 1.68. The van der Waals surface area contributed by atoms with Crippen LogP contribution >= 0.6 is 0 Å². The Morgan fingerprint density at radius 1 is 0.842 bits per heavy atom. The second-order valence-electron chi connectivity index (χ2n) is 3.49. The maximum absolute atomic E-state index is 10.4. The largest absolute Gasteiger partial charge is 0.346 e. The highest BCUT2D eigenvalue weighted by atomic mass is 16.6. The highest BCUT2D eigenvalue weighted by Crippen LogP contribution is 2.36. The van der Waals surface area contributed by atoms with Crippen LogP contribution in [0.3, 0.4) is 0 Å². The zero-order valence-electron chi connectivity index (χ0n) is 9.74. The first-order chi connectivity index (χ1) is 9.36. The molecule has 2 aromatic rings. The van der Waals surface area contributed by atoms with Gasteiger partial charge in [0.15, 0.2) is 5.75 Å². The van der Waals surface area contributed by atoms with E-state index in [9.17, 15) is 9.59 Å². The fourth-order valence-electron chi connectivity index (χ4n) is 1.68. The Labute approximate surface area is 108 Å². The van der Waals surface area contributed by atoms with Crippen LogP contribution in [0.1, 0.15) is 0 Å². The first-order valence-electron chi connectivity index (χ1n) is 5.37. The lowest BCUT2D eigenvalue weighted by molar-refractivity contribution is 0.338. The molecule has 0 spiro atoms. The summed E-state index contributed by atoms with van der Waals surface area (Å²) in [5, 5.41) is 3.09. The Hall–Kier alpha value is -3.00. The number of isocyanates is 2. The number of hydrogen-bond acceptors (Lipinski definition) is 5. The van der Waals surface area contributed by atoms with Crippen LogP contribution in [-0.4, -0.2) is 12.2 Å². The molecule has 2 aromatic carbocycles. The third-order valence-electron chi connectivity index (χ3n) is 2.43. The van der Waals surface area contributed by atoms with Crippen molar-refractivity contribution in [1.82, 2.24) is 0 Å². The van der Waals surface area contributed by atoms with Gasteiger partial charge in [0.25, 0.3) is 6.08 Å². The van der Waals surface area contributed by atoms with E-state index in [-0.39, 0.29) is 0 Å². The van der Waals surface area contributed by atoms with Crippen molar-refractivity contribution in [1.29, 1.82) is 0 Å². The predicted octanol–water partition coefficient (Wildman–Crippen LogP) is 2.95. The normalized spacial score (nSPS) is 9.05. The number of aliphatic imine (C=N–C) groups is 1. The summed E-state index contributed by atoms with van der Waals surface area (Å²) in [6.45, 7) is 0. The number of para-hydroxylation sites is 2. The molecule has 0 atom stereocenters. The number of rotatable bonds is 4. The standard InChI is InChI=1S/C14H8N2O3/c17-9-15-13-7-3-1-5-11(13)12-6-2-4-8-14(12)19-16-10-18/h1-8H. The first kappa shape index (κ1) is 12.5. The van der Waals surface area contributed by atoms with Gasteiger partial charge in [0.05, 0.1) is 5.69 Å². The molecule has 0 bridgehead atoms. The maximum atomic E-state index is 10.4. The molecule has 0 fully saturated rings. The lowest BCUT2D eigenvalue weighted by Crippen LogP contribution is -1.87. The van der Waals surface area contributed by atoms with Crippen molar-refractivity contribution in [2.24, 2.45) is 10.1 Å². The monoisotopic (exact) mass is 252 g/mol. The third kappa shape index (κ3) is 2.82. The summed E-state index contributed by atoms with van der Waals surface area (Å²) in [6, 6.07) is 14.0. The molecule has 0 saturated heterocycles.